The molecule has 2 N–H and O–H groups in total. The second-order valence-electron chi connectivity index (χ2n) is 2.42. The predicted molar refractivity (Wildman–Crippen MR) is 46.4 cm³/mol. The number of nitrogens with two attached hydrogens (primary N) is 1. The number of hydrogen-bond acceptors (Lipinski definition) is 1. The maximum absolute atomic E-state index is 5.37. The summed E-state index contributed by atoms with van der Waals surface area (Å²) in [7, 11) is 0. The van der Waals surface area contributed by atoms with Crippen molar-refractivity contribution >= 4 is 0 Å². The quantitative estimate of drug-likeness (QED) is 0.593. The van der Waals surface area contributed by atoms with E-state index in [4.69, 9.17) is 5.73 Å². The van der Waals surface area contributed by atoms with Gasteiger partial charge in [0.05, 0.1) is 0 Å². The molecule has 0 saturated heterocycles. The van der Waals surface area contributed by atoms with Crippen molar-refractivity contribution in [2.45, 2.75) is 13.8 Å². The second-order valence-corrected chi connectivity index (χ2v) is 2.42. The Balaban J connectivity index is 4.10. The molecule has 1 heteroatoms. The molecule has 0 spiro atoms. The van der Waals surface area contributed by atoms with Crippen molar-refractivity contribution in [1.82, 2.24) is 0 Å². The van der Waals surface area contributed by atoms with Gasteiger partial charge >= 0.3 is 0 Å². The highest BCUT2D eigenvalue weighted by atomic mass is 14.5. The van der Waals surface area contributed by atoms with E-state index in [1.807, 2.05) is 12.2 Å². The molecule has 1 nitrogen and oxygen atoms in total. The van der Waals surface area contributed by atoms with Gasteiger partial charge in [-0.15, -0.1) is 0 Å². The lowest BCUT2D eigenvalue weighted by molar-refractivity contribution is 0.788. The zero-order chi connectivity index (χ0) is 7.98. The third kappa shape index (κ3) is 3.13. The van der Waals surface area contributed by atoms with Crippen molar-refractivity contribution in [3.05, 3.63) is 36.6 Å². The molecule has 0 aliphatic heterocycles. The van der Waals surface area contributed by atoms with E-state index in [2.05, 4.69) is 20.4 Å². The van der Waals surface area contributed by atoms with Crippen LogP contribution in [0.25, 0.3) is 0 Å². The van der Waals surface area contributed by atoms with Gasteiger partial charge in [0.2, 0.25) is 0 Å². The Hall–Kier alpha value is -0.980. The zero-order valence-electron chi connectivity index (χ0n) is 6.67. The lowest BCUT2D eigenvalue weighted by atomic mass is 10.0. The van der Waals surface area contributed by atoms with E-state index in [0.29, 0.717) is 5.92 Å². The van der Waals surface area contributed by atoms with Crippen LogP contribution in [0.3, 0.4) is 0 Å². The van der Waals surface area contributed by atoms with Crippen LogP contribution in [0.1, 0.15) is 13.8 Å². The number of hydrogen-bond donors (Lipinski definition) is 1. The van der Waals surface area contributed by atoms with E-state index >= 15 is 0 Å². The first-order chi connectivity index (χ1) is 4.72. The Kier molecular flexibility index (Phi) is 4.38. The van der Waals surface area contributed by atoms with Gasteiger partial charge < -0.3 is 5.73 Å². The molecular weight excluding hydrogens is 122 g/mol. The van der Waals surface area contributed by atoms with Crippen molar-refractivity contribution in [2.24, 2.45) is 11.7 Å². The SMILES string of the molecule is C=C/C=C\C(=C/N)C(C)C. The fourth-order valence-electron chi connectivity index (χ4n) is 0.620. The molecule has 0 aromatic carbocycles. The van der Waals surface area contributed by atoms with Gasteiger partial charge in [-0.05, 0) is 17.7 Å². The fourth-order valence-corrected chi connectivity index (χ4v) is 0.620. The van der Waals surface area contributed by atoms with Crippen molar-refractivity contribution in [2.75, 3.05) is 0 Å². The smallest absolute Gasteiger partial charge is 0.00271 e. The van der Waals surface area contributed by atoms with Crippen LogP contribution in [0, 0.1) is 5.92 Å². The molecule has 0 radical (unpaired) electrons. The summed E-state index contributed by atoms with van der Waals surface area (Å²) in [6.45, 7) is 7.78. The average Bonchev–Trinajstić information content (AvgIpc) is 1.89. The van der Waals surface area contributed by atoms with Crippen LogP contribution in [-0.4, -0.2) is 0 Å². The molecule has 0 fully saturated rings. The van der Waals surface area contributed by atoms with Crippen molar-refractivity contribution in [3.8, 4) is 0 Å². The lowest BCUT2D eigenvalue weighted by Gasteiger charge is -2.02. The Morgan fingerprint density at radius 1 is 1.50 bits per heavy atom. The van der Waals surface area contributed by atoms with Gasteiger partial charge in [-0.1, -0.05) is 38.7 Å². The number of allylic oxidation sites excluding steroid dienone is 4. The molecule has 56 valence electrons. The van der Waals surface area contributed by atoms with E-state index in [1.54, 1.807) is 12.3 Å². The zero-order valence-corrected chi connectivity index (χ0v) is 6.67. The van der Waals surface area contributed by atoms with Gasteiger partial charge in [-0.25, -0.2) is 0 Å². The maximum atomic E-state index is 5.37. The lowest BCUT2D eigenvalue weighted by Crippen LogP contribution is -1.93. The van der Waals surface area contributed by atoms with E-state index < -0.39 is 0 Å². The third-order valence-electron chi connectivity index (χ3n) is 1.28. The van der Waals surface area contributed by atoms with Crippen LogP contribution in [0.15, 0.2) is 36.6 Å². The summed E-state index contributed by atoms with van der Waals surface area (Å²) in [4.78, 5) is 0. The summed E-state index contributed by atoms with van der Waals surface area (Å²) in [5.74, 6) is 0.487. The minimum Gasteiger partial charge on any atom is -0.404 e. The summed E-state index contributed by atoms with van der Waals surface area (Å²) >= 11 is 0. The van der Waals surface area contributed by atoms with Crippen LogP contribution in [0.5, 0.6) is 0 Å². The van der Waals surface area contributed by atoms with Gasteiger partial charge in [0, 0.05) is 0 Å². The molecule has 10 heavy (non-hydrogen) atoms. The van der Waals surface area contributed by atoms with E-state index in [-0.39, 0.29) is 0 Å². The highest BCUT2D eigenvalue weighted by Crippen LogP contribution is 2.08. The first kappa shape index (κ1) is 9.02. The van der Waals surface area contributed by atoms with Crippen molar-refractivity contribution < 1.29 is 0 Å². The molecule has 0 aromatic heterocycles. The van der Waals surface area contributed by atoms with Crippen molar-refractivity contribution in [1.29, 1.82) is 0 Å². The third-order valence-corrected chi connectivity index (χ3v) is 1.28. The molecule has 0 aromatic rings. The average molecular weight is 137 g/mol. The molecule has 0 atom stereocenters. The molecule has 0 heterocycles. The normalized spacial score (nSPS) is 12.9. The highest BCUT2D eigenvalue weighted by Gasteiger charge is 1.95. The van der Waals surface area contributed by atoms with Crippen LogP contribution in [0.4, 0.5) is 0 Å². The van der Waals surface area contributed by atoms with Crippen LogP contribution >= 0.6 is 0 Å². The van der Waals surface area contributed by atoms with Gasteiger partial charge in [0.25, 0.3) is 0 Å². The largest absolute Gasteiger partial charge is 0.404 e. The highest BCUT2D eigenvalue weighted by molar-refractivity contribution is 5.22. The molecule has 0 rings (SSSR count). The monoisotopic (exact) mass is 137 g/mol. The summed E-state index contributed by atoms with van der Waals surface area (Å²) in [5.41, 5.74) is 6.51. The first-order valence-electron chi connectivity index (χ1n) is 3.43. The molecular formula is C9H15N. The first-order valence-corrected chi connectivity index (χ1v) is 3.43. The summed E-state index contributed by atoms with van der Waals surface area (Å²) in [6, 6.07) is 0. The Labute approximate surface area is 62.9 Å². The maximum Gasteiger partial charge on any atom is -0.00271 e. The molecule has 0 aliphatic carbocycles. The summed E-state index contributed by atoms with van der Waals surface area (Å²) in [5, 5.41) is 0. The number of rotatable bonds is 3. The Bertz CT molecular complexity index is 152. The van der Waals surface area contributed by atoms with Gasteiger partial charge in [0.1, 0.15) is 0 Å². The molecule has 0 bridgehead atoms. The van der Waals surface area contributed by atoms with Gasteiger partial charge in [-0.3, -0.25) is 0 Å². The Morgan fingerprint density at radius 3 is 2.40 bits per heavy atom. The standard InChI is InChI=1S/C9H15N/c1-4-5-6-9(7-10)8(2)3/h4-8H,1,10H2,2-3H3/b6-5-,9-7+. The van der Waals surface area contributed by atoms with Crippen LogP contribution in [0.2, 0.25) is 0 Å². The fraction of sp³-hybridized carbons (Fsp3) is 0.333. The van der Waals surface area contributed by atoms with Crippen molar-refractivity contribution in [3.63, 3.8) is 0 Å². The molecule has 0 unspecified atom stereocenters. The molecule has 0 aliphatic rings. The molecule has 0 saturated carbocycles. The van der Waals surface area contributed by atoms with Crippen LogP contribution in [-0.2, 0) is 0 Å². The minimum atomic E-state index is 0.487. The summed E-state index contributed by atoms with van der Waals surface area (Å²) < 4.78 is 0. The summed E-state index contributed by atoms with van der Waals surface area (Å²) in [6.07, 6.45) is 7.23. The van der Waals surface area contributed by atoms with E-state index in [9.17, 15) is 0 Å². The van der Waals surface area contributed by atoms with E-state index in [0.717, 1.165) is 5.57 Å². The minimum absolute atomic E-state index is 0.487. The van der Waals surface area contributed by atoms with Crippen LogP contribution < -0.4 is 5.73 Å². The second kappa shape index (κ2) is 4.86. The topological polar surface area (TPSA) is 26.0 Å². The van der Waals surface area contributed by atoms with Gasteiger partial charge in [-0.2, -0.15) is 0 Å². The molecule has 0 amide bonds. The Morgan fingerprint density at radius 2 is 2.10 bits per heavy atom. The predicted octanol–water partition coefficient (Wildman–Crippen LogP) is 2.23. The van der Waals surface area contributed by atoms with E-state index in [1.165, 1.54) is 0 Å². The van der Waals surface area contributed by atoms with Gasteiger partial charge in [0.15, 0.2) is 0 Å².